The van der Waals surface area contributed by atoms with Crippen LogP contribution in [0.5, 0.6) is 5.75 Å². The molecule has 0 aliphatic heterocycles. The van der Waals surface area contributed by atoms with Gasteiger partial charge < -0.3 is 10.5 Å². The first-order chi connectivity index (χ1) is 11.5. The highest BCUT2D eigenvalue weighted by Crippen LogP contribution is 2.29. The zero-order chi connectivity index (χ0) is 17.6. The third-order valence-corrected chi connectivity index (χ3v) is 5.90. The summed E-state index contributed by atoms with van der Waals surface area (Å²) in [6, 6.07) is 14.0. The average Bonchev–Trinajstić information content (AvgIpc) is 2.59. The van der Waals surface area contributed by atoms with Crippen molar-refractivity contribution in [2.24, 2.45) is 5.73 Å². The van der Waals surface area contributed by atoms with Gasteiger partial charge in [-0.2, -0.15) is 4.31 Å². The molecule has 0 aliphatic carbocycles. The summed E-state index contributed by atoms with van der Waals surface area (Å²) in [5.41, 5.74) is 6.46. The van der Waals surface area contributed by atoms with Gasteiger partial charge in [0.1, 0.15) is 10.6 Å². The molecule has 0 amide bonds. The zero-order valence-corrected chi connectivity index (χ0v) is 15.1. The fourth-order valence-corrected chi connectivity index (χ4v) is 4.24. The molecule has 0 fully saturated rings. The van der Waals surface area contributed by atoms with E-state index in [2.05, 4.69) is 0 Å². The second-order valence-electron chi connectivity index (χ2n) is 5.26. The van der Waals surface area contributed by atoms with Crippen LogP contribution in [0.1, 0.15) is 12.0 Å². The van der Waals surface area contributed by atoms with Crippen molar-refractivity contribution in [3.8, 4) is 5.75 Å². The summed E-state index contributed by atoms with van der Waals surface area (Å²) in [7, 11) is -2.29. The highest BCUT2D eigenvalue weighted by molar-refractivity contribution is 7.89. The molecular weight excluding hydrogens is 348 g/mol. The number of sulfonamides is 1. The highest BCUT2D eigenvalue weighted by atomic mass is 35.5. The van der Waals surface area contributed by atoms with Gasteiger partial charge in [0.05, 0.1) is 12.1 Å². The number of ether oxygens (including phenoxy) is 1. The Morgan fingerprint density at radius 1 is 1.17 bits per heavy atom. The van der Waals surface area contributed by atoms with Gasteiger partial charge in [0.2, 0.25) is 10.0 Å². The van der Waals surface area contributed by atoms with E-state index in [4.69, 9.17) is 22.1 Å². The van der Waals surface area contributed by atoms with E-state index in [1.54, 1.807) is 6.07 Å². The van der Waals surface area contributed by atoms with Crippen molar-refractivity contribution in [1.82, 2.24) is 4.31 Å². The van der Waals surface area contributed by atoms with Crippen molar-refractivity contribution in [3.05, 3.63) is 59.1 Å². The molecule has 0 saturated carbocycles. The number of methoxy groups -OCH3 is 1. The van der Waals surface area contributed by atoms with Gasteiger partial charge in [-0.1, -0.05) is 41.9 Å². The highest BCUT2D eigenvalue weighted by Gasteiger charge is 2.27. The van der Waals surface area contributed by atoms with Gasteiger partial charge >= 0.3 is 0 Å². The minimum Gasteiger partial charge on any atom is -0.497 e. The Hall–Kier alpha value is -1.60. The topological polar surface area (TPSA) is 72.6 Å². The number of hydrogen-bond acceptors (Lipinski definition) is 4. The SMILES string of the molecule is COc1ccc(Cl)c(S(=O)(=O)N(CCCN)Cc2ccccc2)c1. The lowest BCUT2D eigenvalue weighted by Gasteiger charge is -2.23. The fourth-order valence-electron chi connectivity index (χ4n) is 2.29. The number of hydrogen-bond donors (Lipinski definition) is 1. The molecular formula is C17H21ClN2O3S. The van der Waals surface area contributed by atoms with Gasteiger partial charge in [0, 0.05) is 19.2 Å². The molecule has 0 bridgehead atoms. The molecule has 0 aliphatic rings. The van der Waals surface area contributed by atoms with Gasteiger partial charge in [-0.3, -0.25) is 0 Å². The molecule has 0 aromatic heterocycles. The van der Waals surface area contributed by atoms with Crippen molar-refractivity contribution in [2.75, 3.05) is 20.2 Å². The van der Waals surface area contributed by atoms with E-state index in [0.29, 0.717) is 25.3 Å². The molecule has 2 aromatic carbocycles. The largest absolute Gasteiger partial charge is 0.497 e. The van der Waals surface area contributed by atoms with Crippen molar-refractivity contribution in [3.63, 3.8) is 0 Å². The number of halogens is 1. The van der Waals surface area contributed by atoms with E-state index in [-0.39, 0.29) is 16.5 Å². The monoisotopic (exact) mass is 368 g/mol. The maximum absolute atomic E-state index is 13.1. The quantitative estimate of drug-likeness (QED) is 0.777. The first-order valence-electron chi connectivity index (χ1n) is 7.56. The van der Waals surface area contributed by atoms with E-state index in [1.165, 1.54) is 23.5 Å². The lowest BCUT2D eigenvalue weighted by molar-refractivity contribution is 0.398. The molecule has 24 heavy (non-hydrogen) atoms. The van der Waals surface area contributed by atoms with Crippen LogP contribution in [0.15, 0.2) is 53.4 Å². The van der Waals surface area contributed by atoms with Crippen LogP contribution in [0.25, 0.3) is 0 Å². The Morgan fingerprint density at radius 3 is 2.50 bits per heavy atom. The standard InChI is InChI=1S/C17H21ClN2O3S/c1-23-15-8-9-16(18)17(12-15)24(21,22)20(11-5-10-19)13-14-6-3-2-4-7-14/h2-4,6-9,12H,5,10-11,13,19H2,1H3. The summed E-state index contributed by atoms with van der Waals surface area (Å²) in [4.78, 5) is 0.0384. The molecule has 0 atom stereocenters. The Kier molecular flexibility index (Phi) is 6.62. The molecule has 0 saturated heterocycles. The summed E-state index contributed by atoms with van der Waals surface area (Å²) < 4.78 is 32.7. The molecule has 130 valence electrons. The second kappa shape index (κ2) is 8.48. The molecule has 0 radical (unpaired) electrons. The maximum Gasteiger partial charge on any atom is 0.244 e. The zero-order valence-electron chi connectivity index (χ0n) is 13.5. The summed E-state index contributed by atoms with van der Waals surface area (Å²) >= 11 is 6.13. The van der Waals surface area contributed by atoms with Crippen molar-refractivity contribution in [1.29, 1.82) is 0 Å². The molecule has 2 aromatic rings. The number of nitrogens with two attached hydrogens (primary N) is 1. The Morgan fingerprint density at radius 2 is 1.88 bits per heavy atom. The van der Waals surface area contributed by atoms with E-state index >= 15 is 0 Å². The van der Waals surface area contributed by atoms with Crippen molar-refractivity contribution in [2.45, 2.75) is 17.9 Å². The average molecular weight is 369 g/mol. The molecule has 2 rings (SSSR count). The lowest BCUT2D eigenvalue weighted by Crippen LogP contribution is -2.32. The van der Waals surface area contributed by atoms with Crippen LogP contribution in [0, 0.1) is 0 Å². The summed E-state index contributed by atoms with van der Waals surface area (Å²) in [6.07, 6.45) is 0.563. The Labute approximate surface area is 148 Å². The first-order valence-corrected chi connectivity index (χ1v) is 9.38. The number of benzene rings is 2. The third-order valence-electron chi connectivity index (χ3n) is 3.57. The molecule has 0 unspecified atom stereocenters. The first kappa shape index (κ1) is 18.7. The molecule has 0 spiro atoms. The smallest absolute Gasteiger partial charge is 0.244 e. The maximum atomic E-state index is 13.1. The van der Waals surface area contributed by atoms with Crippen molar-refractivity contribution < 1.29 is 13.2 Å². The van der Waals surface area contributed by atoms with Crippen LogP contribution < -0.4 is 10.5 Å². The van der Waals surface area contributed by atoms with Crippen LogP contribution in [-0.2, 0) is 16.6 Å². The molecule has 7 heteroatoms. The summed E-state index contributed by atoms with van der Waals surface area (Å²) in [6.45, 7) is 0.991. The van der Waals surface area contributed by atoms with Crippen LogP contribution in [-0.4, -0.2) is 32.9 Å². The second-order valence-corrected chi connectivity index (χ2v) is 7.58. The normalized spacial score (nSPS) is 11.7. The van der Waals surface area contributed by atoms with E-state index in [0.717, 1.165) is 5.56 Å². The van der Waals surface area contributed by atoms with Crippen LogP contribution in [0.2, 0.25) is 5.02 Å². The predicted octanol–water partition coefficient (Wildman–Crippen LogP) is 2.89. The van der Waals surface area contributed by atoms with E-state index < -0.39 is 10.0 Å². The Bertz CT molecular complexity index is 767. The molecule has 2 N–H and O–H groups in total. The lowest BCUT2D eigenvalue weighted by atomic mass is 10.2. The van der Waals surface area contributed by atoms with Gasteiger partial charge in [0.15, 0.2) is 0 Å². The predicted molar refractivity (Wildman–Crippen MR) is 95.7 cm³/mol. The van der Waals surface area contributed by atoms with Crippen LogP contribution in [0.3, 0.4) is 0 Å². The number of nitrogens with zero attached hydrogens (tertiary/aromatic N) is 1. The van der Waals surface area contributed by atoms with Gasteiger partial charge in [-0.25, -0.2) is 8.42 Å². The van der Waals surface area contributed by atoms with Gasteiger partial charge in [-0.05, 0) is 30.7 Å². The van der Waals surface area contributed by atoms with Crippen LogP contribution >= 0.6 is 11.6 Å². The van der Waals surface area contributed by atoms with E-state index in [9.17, 15) is 8.42 Å². The Balaban J connectivity index is 2.39. The van der Waals surface area contributed by atoms with Crippen LogP contribution in [0.4, 0.5) is 0 Å². The van der Waals surface area contributed by atoms with Gasteiger partial charge in [-0.15, -0.1) is 0 Å². The van der Waals surface area contributed by atoms with Gasteiger partial charge in [0.25, 0.3) is 0 Å². The summed E-state index contributed by atoms with van der Waals surface area (Å²) in [5.74, 6) is 0.441. The molecule has 5 nitrogen and oxygen atoms in total. The van der Waals surface area contributed by atoms with Crippen molar-refractivity contribution >= 4 is 21.6 Å². The molecule has 0 heterocycles. The fraction of sp³-hybridized carbons (Fsp3) is 0.294. The minimum atomic E-state index is -3.77. The number of rotatable bonds is 8. The minimum absolute atomic E-state index is 0.0384. The van der Waals surface area contributed by atoms with E-state index in [1.807, 2.05) is 30.3 Å². The third kappa shape index (κ3) is 4.48. The summed E-state index contributed by atoms with van der Waals surface area (Å²) in [5, 5.41) is 0.168.